The van der Waals surface area contributed by atoms with E-state index in [-0.39, 0.29) is 11.8 Å². The summed E-state index contributed by atoms with van der Waals surface area (Å²) in [6.07, 6.45) is 4.18. The minimum absolute atomic E-state index is 0.0962. The molecule has 3 aromatic rings. The molecule has 2 amide bonds. The van der Waals surface area contributed by atoms with E-state index >= 15 is 0 Å². The Morgan fingerprint density at radius 2 is 1.97 bits per heavy atom. The van der Waals surface area contributed by atoms with Crippen LogP contribution in [0.15, 0.2) is 59.0 Å². The van der Waals surface area contributed by atoms with Gasteiger partial charge in [-0.25, -0.2) is 0 Å². The first-order valence-electron chi connectivity index (χ1n) is 11.1. The minimum Gasteiger partial charge on any atom is -0.457 e. The molecule has 5 rings (SSSR count). The van der Waals surface area contributed by atoms with Gasteiger partial charge >= 0.3 is 0 Å². The largest absolute Gasteiger partial charge is 0.457 e. The lowest BCUT2D eigenvalue weighted by Gasteiger charge is -2.14. The number of likely N-dealkylation sites (tertiary alicyclic amines) is 1. The fourth-order valence-corrected chi connectivity index (χ4v) is 4.45. The first-order valence-corrected chi connectivity index (χ1v) is 11.5. The maximum atomic E-state index is 12.6. The normalized spacial score (nSPS) is 16.8. The van der Waals surface area contributed by atoms with Crippen LogP contribution in [0.5, 0.6) is 0 Å². The SMILES string of the molecule is O=C1Nc2ccc(Cl)cc2/C1=C\c1ccc(-c2cccc(C(=O)NCCN3CCCC3)c2)o1. The number of carbonyl (C=O) groups is 2. The van der Waals surface area contributed by atoms with Crippen molar-refractivity contribution in [3.05, 3.63) is 76.5 Å². The van der Waals surface area contributed by atoms with Gasteiger partial charge in [-0.1, -0.05) is 23.7 Å². The summed E-state index contributed by atoms with van der Waals surface area (Å²) >= 11 is 6.10. The maximum Gasteiger partial charge on any atom is 0.256 e. The van der Waals surface area contributed by atoms with Crippen LogP contribution >= 0.6 is 11.6 Å². The second-order valence-corrected chi connectivity index (χ2v) is 8.73. The summed E-state index contributed by atoms with van der Waals surface area (Å²) in [5.74, 6) is 0.876. The van der Waals surface area contributed by atoms with Crippen molar-refractivity contribution in [1.82, 2.24) is 10.2 Å². The smallest absolute Gasteiger partial charge is 0.256 e. The van der Waals surface area contributed by atoms with Gasteiger partial charge < -0.3 is 20.0 Å². The Labute approximate surface area is 197 Å². The van der Waals surface area contributed by atoms with E-state index in [4.69, 9.17) is 16.0 Å². The average molecular weight is 462 g/mol. The zero-order valence-electron chi connectivity index (χ0n) is 18.1. The molecule has 1 saturated heterocycles. The standard InChI is InChI=1S/C26H24ClN3O3/c27-19-6-8-23-21(15-19)22(26(32)29-23)16-20-7-9-24(33-20)17-4-3-5-18(14-17)25(31)28-10-13-30-11-1-2-12-30/h3-9,14-16H,1-2,10-13H2,(H,28,31)(H,29,32)/b22-16+. The number of benzene rings is 2. The molecule has 2 N–H and O–H groups in total. The number of amides is 2. The van der Waals surface area contributed by atoms with Gasteiger partial charge in [-0.2, -0.15) is 0 Å². The molecule has 2 aliphatic heterocycles. The van der Waals surface area contributed by atoms with Crippen LogP contribution in [0.1, 0.15) is 34.5 Å². The molecule has 1 fully saturated rings. The number of hydrogen-bond donors (Lipinski definition) is 2. The topological polar surface area (TPSA) is 74.6 Å². The zero-order chi connectivity index (χ0) is 22.8. The number of rotatable bonds is 6. The lowest BCUT2D eigenvalue weighted by molar-refractivity contribution is -0.110. The molecule has 168 valence electrons. The van der Waals surface area contributed by atoms with E-state index in [2.05, 4.69) is 15.5 Å². The molecule has 6 nitrogen and oxygen atoms in total. The Kier molecular flexibility index (Phi) is 6.03. The molecule has 0 unspecified atom stereocenters. The van der Waals surface area contributed by atoms with Crippen molar-refractivity contribution < 1.29 is 14.0 Å². The summed E-state index contributed by atoms with van der Waals surface area (Å²) in [5.41, 5.74) is 3.36. The van der Waals surface area contributed by atoms with Crippen LogP contribution in [0, 0.1) is 0 Å². The van der Waals surface area contributed by atoms with Gasteiger partial charge in [0.2, 0.25) is 0 Å². The molecule has 0 radical (unpaired) electrons. The van der Waals surface area contributed by atoms with Gasteiger partial charge in [-0.15, -0.1) is 0 Å². The van der Waals surface area contributed by atoms with Crippen LogP contribution in [0.4, 0.5) is 5.69 Å². The summed E-state index contributed by atoms with van der Waals surface area (Å²) < 4.78 is 5.98. The molecule has 0 atom stereocenters. The Hall–Kier alpha value is -3.35. The first-order chi connectivity index (χ1) is 16.1. The van der Waals surface area contributed by atoms with E-state index in [1.807, 2.05) is 24.3 Å². The summed E-state index contributed by atoms with van der Waals surface area (Å²) in [5, 5.41) is 6.40. The Balaban J connectivity index is 1.30. The highest BCUT2D eigenvalue weighted by Crippen LogP contribution is 2.35. The van der Waals surface area contributed by atoms with Gasteiger partial charge in [0.15, 0.2) is 0 Å². The number of nitrogens with one attached hydrogen (secondary N) is 2. The highest BCUT2D eigenvalue weighted by molar-refractivity contribution is 6.36. The summed E-state index contributed by atoms with van der Waals surface area (Å²) in [6, 6.07) is 16.3. The molecule has 2 aromatic carbocycles. The predicted octanol–water partition coefficient (Wildman–Crippen LogP) is 4.92. The Bertz CT molecular complexity index is 1240. The number of carbonyl (C=O) groups excluding carboxylic acids is 2. The predicted molar refractivity (Wildman–Crippen MR) is 130 cm³/mol. The van der Waals surface area contributed by atoms with Crippen LogP contribution in [-0.4, -0.2) is 42.9 Å². The van der Waals surface area contributed by atoms with Crippen LogP contribution < -0.4 is 10.6 Å². The maximum absolute atomic E-state index is 12.6. The van der Waals surface area contributed by atoms with Crippen molar-refractivity contribution in [3.8, 4) is 11.3 Å². The van der Waals surface area contributed by atoms with Gasteiger partial charge in [0.05, 0.1) is 5.57 Å². The molecule has 1 aromatic heterocycles. The quantitative estimate of drug-likeness (QED) is 0.511. The van der Waals surface area contributed by atoms with Gasteiger partial charge in [-0.05, 0) is 74.5 Å². The van der Waals surface area contributed by atoms with E-state index in [0.29, 0.717) is 34.2 Å². The highest BCUT2D eigenvalue weighted by atomic mass is 35.5. The first kappa shape index (κ1) is 21.5. The van der Waals surface area contributed by atoms with Gasteiger partial charge in [0, 0.05) is 40.5 Å². The number of furan rings is 1. The molecular formula is C26H24ClN3O3. The monoisotopic (exact) mass is 461 g/mol. The van der Waals surface area contributed by atoms with E-state index in [1.165, 1.54) is 12.8 Å². The van der Waals surface area contributed by atoms with Crippen molar-refractivity contribution in [1.29, 1.82) is 0 Å². The third-order valence-corrected chi connectivity index (χ3v) is 6.23. The van der Waals surface area contributed by atoms with Crippen LogP contribution in [0.3, 0.4) is 0 Å². The Morgan fingerprint density at radius 1 is 1.12 bits per heavy atom. The Morgan fingerprint density at radius 3 is 2.82 bits per heavy atom. The van der Waals surface area contributed by atoms with Crippen LogP contribution in [0.2, 0.25) is 5.02 Å². The average Bonchev–Trinajstić information content (AvgIpc) is 3.56. The van der Waals surface area contributed by atoms with E-state index < -0.39 is 0 Å². The third kappa shape index (κ3) is 4.72. The molecule has 33 heavy (non-hydrogen) atoms. The van der Waals surface area contributed by atoms with Gasteiger partial charge in [-0.3, -0.25) is 9.59 Å². The lowest BCUT2D eigenvalue weighted by atomic mass is 10.1. The molecule has 7 heteroatoms. The summed E-state index contributed by atoms with van der Waals surface area (Å²) in [6.45, 7) is 3.74. The van der Waals surface area contributed by atoms with E-state index in [0.717, 1.165) is 36.4 Å². The van der Waals surface area contributed by atoms with Crippen molar-refractivity contribution in [2.24, 2.45) is 0 Å². The van der Waals surface area contributed by atoms with Gasteiger partial charge in [0.1, 0.15) is 11.5 Å². The number of nitrogens with zero attached hydrogens (tertiary/aromatic N) is 1. The van der Waals surface area contributed by atoms with Crippen LogP contribution in [0.25, 0.3) is 23.0 Å². The number of hydrogen-bond acceptors (Lipinski definition) is 4. The molecule has 0 spiro atoms. The molecular weight excluding hydrogens is 438 g/mol. The van der Waals surface area contributed by atoms with Crippen molar-refractivity contribution >= 4 is 40.8 Å². The molecule has 2 aliphatic rings. The second kappa shape index (κ2) is 9.25. The highest BCUT2D eigenvalue weighted by Gasteiger charge is 2.24. The molecule has 0 bridgehead atoms. The second-order valence-electron chi connectivity index (χ2n) is 8.29. The van der Waals surface area contributed by atoms with Crippen molar-refractivity contribution in [2.75, 3.05) is 31.5 Å². The minimum atomic E-state index is -0.196. The zero-order valence-corrected chi connectivity index (χ0v) is 18.8. The van der Waals surface area contributed by atoms with Gasteiger partial charge in [0.25, 0.3) is 11.8 Å². The molecule has 0 saturated carbocycles. The van der Waals surface area contributed by atoms with Crippen molar-refractivity contribution in [3.63, 3.8) is 0 Å². The summed E-state index contributed by atoms with van der Waals surface area (Å²) in [7, 11) is 0. The summed E-state index contributed by atoms with van der Waals surface area (Å²) in [4.78, 5) is 27.4. The third-order valence-electron chi connectivity index (χ3n) is 6.00. The number of anilines is 1. The molecule has 0 aliphatic carbocycles. The fourth-order valence-electron chi connectivity index (χ4n) is 4.28. The van der Waals surface area contributed by atoms with E-state index in [1.54, 1.807) is 36.4 Å². The number of fused-ring (bicyclic) bond motifs is 1. The number of halogens is 1. The molecule has 3 heterocycles. The lowest BCUT2D eigenvalue weighted by Crippen LogP contribution is -2.33. The van der Waals surface area contributed by atoms with E-state index in [9.17, 15) is 9.59 Å². The van der Waals surface area contributed by atoms with Crippen LogP contribution in [-0.2, 0) is 4.79 Å². The fraction of sp³-hybridized carbons (Fsp3) is 0.231. The van der Waals surface area contributed by atoms with Crippen molar-refractivity contribution in [2.45, 2.75) is 12.8 Å².